The fraction of sp³-hybridized carbons (Fsp3) is 0.857. The standard InChI is InChI=1S/C14H24O3/c1-4-5-6-7-13-12(8-9-14(13)16)10(2)17-11(3)15/h10,12-13H,4-9H2,1-3H3. The summed E-state index contributed by atoms with van der Waals surface area (Å²) in [6, 6.07) is 0. The molecule has 3 heteroatoms. The molecular weight excluding hydrogens is 216 g/mol. The average Bonchev–Trinajstić information content (AvgIpc) is 2.60. The van der Waals surface area contributed by atoms with Crippen molar-refractivity contribution in [2.24, 2.45) is 11.8 Å². The van der Waals surface area contributed by atoms with Crippen LogP contribution in [0.4, 0.5) is 0 Å². The molecule has 0 aromatic heterocycles. The molecule has 1 rings (SSSR count). The maximum atomic E-state index is 11.8. The summed E-state index contributed by atoms with van der Waals surface area (Å²) in [6.45, 7) is 5.51. The number of ketones is 1. The van der Waals surface area contributed by atoms with Gasteiger partial charge in [0.25, 0.3) is 0 Å². The topological polar surface area (TPSA) is 43.4 Å². The SMILES string of the molecule is CCCCCC1C(=O)CCC1C(C)OC(C)=O. The van der Waals surface area contributed by atoms with Crippen molar-refractivity contribution in [3.05, 3.63) is 0 Å². The van der Waals surface area contributed by atoms with Gasteiger partial charge in [0.05, 0.1) is 0 Å². The molecule has 1 aliphatic carbocycles. The molecular formula is C14H24O3. The zero-order chi connectivity index (χ0) is 12.8. The van der Waals surface area contributed by atoms with Crippen molar-refractivity contribution >= 4 is 11.8 Å². The zero-order valence-electron chi connectivity index (χ0n) is 11.2. The molecule has 0 saturated heterocycles. The zero-order valence-corrected chi connectivity index (χ0v) is 11.2. The Bertz CT molecular complexity index is 273. The molecule has 0 spiro atoms. The first-order valence-electron chi connectivity index (χ1n) is 6.76. The van der Waals surface area contributed by atoms with Gasteiger partial charge in [-0.1, -0.05) is 26.2 Å². The molecule has 3 unspecified atom stereocenters. The normalized spacial score (nSPS) is 25.9. The Morgan fingerprint density at radius 1 is 1.47 bits per heavy atom. The second-order valence-corrected chi connectivity index (χ2v) is 5.09. The molecule has 0 bridgehead atoms. The van der Waals surface area contributed by atoms with Crippen molar-refractivity contribution in [3.8, 4) is 0 Å². The fourth-order valence-corrected chi connectivity index (χ4v) is 2.83. The maximum absolute atomic E-state index is 11.8. The van der Waals surface area contributed by atoms with Crippen LogP contribution in [0.3, 0.4) is 0 Å². The first-order valence-corrected chi connectivity index (χ1v) is 6.76. The lowest BCUT2D eigenvalue weighted by molar-refractivity contribution is -0.149. The van der Waals surface area contributed by atoms with E-state index in [0.29, 0.717) is 12.2 Å². The van der Waals surface area contributed by atoms with Crippen LogP contribution in [0.25, 0.3) is 0 Å². The van der Waals surface area contributed by atoms with Crippen LogP contribution in [0, 0.1) is 11.8 Å². The highest BCUT2D eigenvalue weighted by Crippen LogP contribution is 2.36. The molecule has 3 nitrogen and oxygen atoms in total. The molecule has 0 aromatic rings. The molecule has 0 aliphatic heterocycles. The molecule has 98 valence electrons. The second-order valence-electron chi connectivity index (χ2n) is 5.09. The summed E-state index contributed by atoms with van der Waals surface area (Å²) in [5.74, 6) is 0.480. The smallest absolute Gasteiger partial charge is 0.302 e. The summed E-state index contributed by atoms with van der Waals surface area (Å²) < 4.78 is 5.23. The summed E-state index contributed by atoms with van der Waals surface area (Å²) in [6.07, 6.45) is 5.84. The van der Waals surface area contributed by atoms with Gasteiger partial charge in [0.15, 0.2) is 0 Å². The van der Waals surface area contributed by atoms with Crippen molar-refractivity contribution in [1.29, 1.82) is 0 Å². The molecule has 0 heterocycles. The number of ether oxygens (including phenoxy) is 1. The van der Waals surface area contributed by atoms with Crippen molar-refractivity contribution in [2.75, 3.05) is 0 Å². The summed E-state index contributed by atoms with van der Waals surface area (Å²) in [5, 5.41) is 0. The molecule has 0 N–H and O–H groups in total. The Balaban J connectivity index is 2.51. The minimum Gasteiger partial charge on any atom is -0.463 e. The molecule has 1 fully saturated rings. The Kier molecular flexibility index (Phi) is 5.66. The van der Waals surface area contributed by atoms with Crippen molar-refractivity contribution in [2.45, 2.75) is 65.4 Å². The van der Waals surface area contributed by atoms with Crippen LogP contribution in [-0.4, -0.2) is 17.9 Å². The number of carbonyl (C=O) groups excluding carboxylic acids is 2. The van der Waals surface area contributed by atoms with Gasteiger partial charge in [-0.25, -0.2) is 0 Å². The first kappa shape index (κ1) is 14.2. The quantitative estimate of drug-likeness (QED) is 0.529. The van der Waals surface area contributed by atoms with Gasteiger partial charge >= 0.3 is 5.97 Å². The molecule has 1 aliphatic rings. The van der Waals surface area contributed by atoms with Crippen LogP contribution < -0.4 is 0 Å². The highest BCUT2D eigenvalue weighted by molar-refractivity contribution is 5.83. The van der Waals surface area contributed by atoms with Gasteiger partial charge in [0, 0.05) is 25.2 Å². The Morgan fingerprint density at radius 3 is 2.76 bits per heavy atom. The van der Waals surface area contributed by atoms with E-state index in [1.54, 1.807) is 0 Å². The fourth-order valence-electron chi connectivity index (χ4n) is 2.83. The molecule has 17 heavy (non-hydrogen) atoms. The van der Waals surface area contributed by atoms with Gasteiger partial charge in [0.2, 0.25) is 0 Å². The van der Waals surface area contributed by atoms with Crippen molar-refractivity contribution < 1.29 is 14.3 Å². The maximum Gasteiger partial charge on any atom is 0.302 e. The van der Waals surface area contributed by atoms with E-state index in [1.807, 2.05) is 6.92 Å². The van der Waals surface area contributed by atoms with E-state index in [4.69, 9.17) is 4.74 Å². The van der Waals surface area contributed by atoms with E-state index in [1.165, 1.54) is 19.8 Å². The van der Waals surface area contributed by atoms with E-state index < -0.39 is 0 Å². The Morgan fingerprint density at radius 2 is 2.18 bits per heavy atom. The van der Waals surface area contributed by atoms with E-state index in [2.05, 4.69) is 6.92 Å². The van der Waals surface area contributed by atoms with E-state index >= 15 is 0 Å². The third-order valence-corrected chi connectivity index (χ3v) is 3.73. The van der Waals surface area contributed by atoms with Crippen LogP contribution >= 0.6 is 0 Å². The van der Waals surface area contributed by atoms with Gasteiger partial charge in [-0.3, -0.25) is 9.59 Å². The average molecular weight is 240 g/mol. The summed E-state index contributed by atoms with van der Waals surface area (Å²) in [7, 11) is 0. The van der Waals surface area contributed by atoms with Crippen molar-refractivity contribution in [3.63, 3.8) is 0 Å². The molecule has 1 saturated carbocycles. The van der Waals surface area contributed by atoms with Crippen LogP contribution in [0.1, 0.15) is 59.3 Å². The second kappa shape index (κ2) is 6.77. The first-order chi connectivity index (χ1) is 8.06. The summed E-state index contributed by atoms with van der Waals surface area (Å²) in [5.41, 5.74) is 0. The number of hydrogen-bond donors (Lipinski definition) is 0. The van der Waals surface area contributed by atoms with E-state index in [0.717, 1.165) is 19.3 Å². The summed E-state index contributed by atoms with van der Waals surface area (Å²) in [4.78, 5) is 22.8. The number of rotatable bonds is 6. The lowest BCUT2D eigenvalue weighted by atomic mass is 9.87. The highest BCUT2D eigenvalue weighted by Gasteiger charge is 2.38. The molecule has 0 amide bonds. The minimum absolute atomic E-state index is 0.120. The van der Waals surface area contributed by atoms with Crippen LogP contribution in [0.2, 0.25) is 0 Å². The number of hydrogen-bond acceptors (Lipinski definition) is 3. The lowest BCUT2D eigenvalue weighted by Gasteiger charge is -2.24. The van der Waals surface area contributed by atoms with Crippen LogP contribution in [-0.2, 0) is 14.3 Å². The predicted molar refractivity (Wildman–Crippen MR) is 66.6 cm³/mol. The third kappa shape index (κ3) is 4.14. The van der Waals surface area contributed by atoms with Gasteiger partial charge in [0.1, 0.15) is 11.9 Å². The van der Waals surface area contributed by atoms with Crippen LogP contribution in [0.5, 0.6) is 0 Å². The summed E-state index contributed by atoms with van der Waals surface area (Å²) >= 11 is 0. The number of carbonyl (C=O) groups is 2. The number of Topliss-reactive ketones (excluding diaryl/α,β-unsaturated/α-hetero) is 1. The Labute approximate surface area is 104 Å². The van der Waals surface area contributed by atoms with E-state index in [-0.39, 0.29) is 23.9 Å². The van der Waals surface area contributed by atoms with Crippen molar-refractivity contribution in [1.82, 2.24) is 0 Å². The van der Waals surface area contributed by atoms with Crippen LogP contribution in [0.15, 0.2) is 0 Å². The largest absolute Gasteiger partial charge is 0.463 e. The number of esters is 1. The highest BCUT2D eigenvalue weighted by atomic mass is 16.5. The van der Waals surface area contributed by atoms with Gasteiger partial charge in [-0.05, 0) is 19.8 Å². The minimum atomic E-state index is -0.246. The molecule has 0 aromatic carbocycles. The number of unbranched alkanes of at least 4 members (excludes halogenated alkanes) is 2. The Hall–Kier alpha value is -0.860. The van der Waals surface area contributed by atoms with E-state index in [9.17, 15) is 9.59 Å². The third-order valence-electron chi connectivity index (χ3n) is 3.73. The molecule has 0 radical (unpaired) electrons. The van der Waals surface area contributed by atoms with Gasteiger partial charge < -0.3 is 4.74 Å². The van der Waals surface area contributed by atoms with Gasteiger partial charge in [-0.2, -0.15) is 0 Å². The lowest BCUT2D eigenvalue weighted by Crippen LogP contribution is -2.28. The molecule has 3 atom stereocenters. The monoisotopic (exact) mass is 240 g/mol. The predicted octanol–water partition coefficient (Wildman–Crippen LogP) is 3.11. The van der Waals surface area contributed by atoms with Gasteiger partial charge in [-0.15, -0.1) is 0 Å².